The lowest BCUT2D eigenvalue weighted by molar-refractivity contribution is -0.108. The lowest BCUT2D eigenvalue weighted by Gasteiger charge is -2.18. The normalized spacial score (nSPS) is 13.7. The van der Waals surface area contributed by atoms with Crippen molar-refractivity contribution in [3.8, 4) is 11.3 Å². The number of nitrogens with zero attached hydrogens (tertiary/aromatic N) is 2. The number of rotatable bonds is 4. The molecule has 0 saturated carbocycles. The third kappa shape index (κ3) is 5.31. The Morgan fingerprint density at radius 1 is 1.17 bits per heavy atom. The molecule has 0 saturated heterocycles. The van der Waals surface area contributed by atoms with Gasteiger partial charge in [-0.05, 0) is 39.0 Å². The number of anilines is 2. The van der Waals surface area contributed by atoms with Crippen LogP contribution in [0.2, 0.25) is 0 Å². The topological polar surface area (TPSA) is 85.0 Å². The molecule has 1 unspecified atom stereocenters. The molecule has 0 spiro atoms. The molecule has 1 atom stereocenters. The van der Waals surface area contributed by atoms with Gasteiger partial charge < -0.3 is 25.7 Å². The molecular formula is C23H29N5O. The summed E-state index contributed by atoms with van der Waals surface area (Å²) in [4.78, 5) is 14.3. The number of aromatic nitrogens is 2. The van der Waals surface area contributed by atoms with E-state index in [2.05, 4.69) is 77.6 Å². The lowest BCUT2D eigenvalue weighted by Crippen LogP contribution is -2.28. The fourth-order valence-electron chi connectivity index (χ4n) is 3.16. The number of fused-ring (bicyclic) bond motifs is 1. The van der Waals surface area contributed by atoms with Gasteiger partial charge in [0.25, 0.3) is 0 Å². The first-order valence-corrected chi connectivity index (χ1v) is 9.89. The number of carbonyl (C=O) groups is 1. The van der Waals surface area contributed by atoms with Gasteiger partial charge in [-0.1, -0.05) is 41.5 Å². The fraction of sp³-hybridized carbons (Fsp3) is 0.304. The molecule has 29 heavy (non-hydrogen) atoms. The van der Waals surface area contributed by atoms with Crippen molar-refractivity contribution in [2.45, 2.75) is 39.9 Å². The standard InChI is InChI=1S/C20H22N4.C3H7NO/c1-14-6-8-17(9-7-14)22-20-19(16-5-3-4-15(2)12-16)23-18-13-21-10-11-24(18)20;1-3(4)2-5/h3-9,12,21-22H,10-11,13H2,1-2H3;2-3H,4H2,1H3. The third-order valence-corrected chi connectivity index (χ3v) is 4.66. The van der Waals surface area contributed by atoms with Gasteiger partial charge in [0.05, 0.1) is 12.6 Å². The zero-order valence-electron chi connectivity index (χ0n) is 17.3. The van der Waals surface area contributed by atoms with Crippen molar-refractivity contribution in [2.75, 3.05) is 11.9 Å². The molecule has 4 rings (SSSR count). The van der Waals surface area contributed by atoms with Crippen LogP contribution in [0, 0.1) is 13.8 Å². The van der Waals surface area contributed by atoms with E-state index in [0.717, 1.165) is 48.2 Å². The van der Waals surface area contributed by atoms with Gasteiger partial charge in [-0.2, -0.15) is 0 Å². The van der Waals surface area contributed by atoms with Crippen molar-refractivity contribution in [1.82, 2.24) is 14.9 Å². The van der Waals surface area contributed by atoms with Crippen molar-refractivity contribution in [1.29, 1.82) is 0 Å². The summed E-state index contributed by atoms with van der Waals surface area (Å²) in [5.41, 5.74) is 10.7. The number of hydrogen-bond acceptors (Lipinski definition) is 5. The molecule has 0 fully saturated rings. The van der Waals surface area contributed by atoms with Crippen LogP contribution in [-0.2, 0) is 17.9 Å². The Labute approximate surface area is 172 Å². The number of imidazole rings is 1. The van der Waals surface area contributed by atoms with Gasteiger partial charge in [0.2, 0.25) is 0 Å². The predicted octanol–water partition coefficient (Wildman–Crippen LogP) is 3.55. The number of nitrogens with one attached hydrogen (secondary N) is 2. The molecule has 0 radical (unpaired) electrons. The molecular weight excluding hydrogens is 362 g/mol. The van der Waals surface area contributed by atoms with E-state index in [1.165, 1.54) is 11.1 Å². The van der Waals surface area contributed by atoms with Gasteiger partial charge in [0.1, 0.15) is 23.6 Å². The zero-order valence-corrected chi connectivity index (χ0v) is 17.3. The highest BCUT2D eigenvalue weighted by atomic mass is 16.1. The zero-order chi connectivity index (χ0) is 20.8. The molecule has 6 heteroatoms. The van der Waals surface area contributed by atoms with Gasteiger partial charge in [-0.15, -0.1) is 0 Å². The number of benzene rings is 2. The second-order valence-corrected chi connectivity index (χ2v) is 7.41. The Kier molecular flexibility index (Phi) is 6.80. The minimum absolute atomic E-state index is 0.296. The maximum atomic E-state index is 9.38. The van der Waals surface area contributed by atoms with Gasteiger partial charge in [0.15, 0.2) is 0 Å². The number of carbonyl (C=O) groups excluding carboxylic acids is 1. The van der Waals surface area contributed by atoms with Crippen LogP contribution in [0.5, 0.6) is 0 Å². The van der Waals surface area contributed by atoms with Gasteiger partial charge >= 0.3 is 0 Å². The Bertz CT molecular complexity index is 960. The summed E-state index contributed by atoms with van der Waals surface area (Å²) in [6.45, 7) is 8.57. The highest BCUT2D eigenvalue weighted by Crippen LogP contribution is 2.32. The number of aryl methyl sites for hydroxylation is 2. The highest BCUT2D eigenvalue weighted by molar-refractivity contribution is 5.77. The van der Waals surface area contributed by atoms with Gasteiger partial charge in [-0.25, -0.2) is 4.98 Å². The maximum absolute atomic E-state index is 9.38. The summed E-state index contributed by atoms with van der Waals surface area (Å²) in [5.74, 6) is 2.17. The molecule has 0 bridgehead atoms. The summed E-state index contributed by atoms with van der Waals surface area (Å²) in [7, 11) is 0. The average molecular weight is 392 g/mol. The Morgan fingerprint density at radius 3 is 2.55 bits per heavy atom. The summed E-state index contributed by atoms with van der Waals surface area (Å²) in [5, 5.41) is 7.00. The SMILES string of the molecule is CC(N)C=O.Cc1ccc(Nc2c(-c3cccc(C)c3)nc3n2CCNC3)cc1. The molecule has 1 aromatic heterocycles. The quantitative estimate of drug-likeness (QED) is 0.592. The smallest absolute Gasteiger partial charge is 0.138 e. The van der Waals surface area contributed by atoms with Crippen LogP contribution in [0.1, 0.15) is 23.9 Å². The van der Waals surface area contributed by atoms with Crippen molar-refractivity contribution in [3.05, 3.63) is 65.5 Å². The van der Waals surface area contributed by atoms with Crippen LogP contribution in [0.4, 0.5) is 11.5 Å². The Morgan fingerprint density at radius 2 is 1.90 bits per heavy atom. The molecule has 152 valence electrons. The predicted molar refractivity (Wildman–Crippen MR) is 118 cm³/mol. The fourth-order valence-corrected chi connectivity index (χ4v) is 3.16. The molecule has 4 N–H and O–H groups in total. The Balaban J connectivity index is 0.000000431. The molecule has 1 aliphatic heterocycles. The monoisotopic (exact) mass is 391 g/mol. The van der Waals surface area contributed by atoms with Crippen LogP contribution in [-0.4, -0.2) is 28.4 Å². The second-order valence-electron chi connectivity index (χ2n) is 7.41. The summed E-state index contributed by atoms with van der Waals surface area (Å²) < 4.78 is 2.30. The number of nitrogens with two attached hydrogens (primary N) is 1. The number of aldehydes is 1. The first kappa shape index (κ1) is 20.8. The number of hydrogen-bond donors (Lipinski definition) is 3. The van der Waals surface area contributed by atoms with Crippen molar-refractivity contribution in [3.63, 3.8) is 0 Å². The second kappa shape index (κ2) is 9.49. The first-order chi connectivity index (χ1) is 14.0. The molecule has 0 aliphatic carbocycles. The van der Waals surface area contributed by atoms with Crippen molar-refractivity contribution >= 4 is 17.8 Å². The third-order valence-electron chi connectivity index (χ3n) is 4.66. The first-order valence-electron chi connectivity index (χ1n) is 9.89. The molecule has 2 aromatic carbocycles. The Hall–Kier alpha value is -2.96. The summed E-state index contributed by atoms with van der Waals surface area (Å²) in [6, 6.07) is 16.7. The van der Waals surface area contributed by atoms with Gasteiger partial charge in [0, 0.05) is 24.3 Å². The molecule has 3 aromatic rings. The van der Waals surface area contributed by atoms with Crippen LogP contribution in [0.25, 0.3) is 11.3 Å². The van der Waals surface area contributed by atoms with E-state index in [1.807, 2.05) is 0 Å². The van der Waals surface area contributed by atoms with E-state index >= 15 is 0 Å². The largest absolute Gasteiger partial charge is 0.340 e. The maximum Gasteiger partial charge on any atom is 0.138 e. The van der Waals surface area contributed by atoms with E-state index in [0.29, 0.717) is 6.29 Å². The van der Waals surface area contributed by atoms with E-state index in [4.69, 9.17) is 10.7 Å². The van der Waals surface area contributed by atoms with Crippen LogP contribution >= 0.6 is 0 Å². The van der Waals surface area contributed by atoms with E-state index in [9.17, 15) is 4.79 Å². The molecule has 2 heterocycles. The highest BCUT2D eigenvalue weighted by Gasteiger charge is 2.20. The van der Waals surface area contributed by atoms with Gasteiger partial charge in [-0.3, -0.25) is 0 Å². The minimum atomic E-state index is -0.296. The van der Waals surface area contributed by atoms with Crippen molar-refractivity contribution < 1.29 is 4.79 Å². The van der Waals surface area contributed by atoms with E-state index in [1.54, 1.807) is 6.92 Å². The molecule has 1 aliphatic rings. The van der Waals surface area contributed by atoms with E-state index in [-0.39, 0.29) is 6.04 Å². The summed E-state index contributed by atoms with van der Waals surface area (Å²) >= 11 is 0. The minimum Gasteiger partial charge on any atom is -0.340 e. The van der Waals surface area contributed by atoms with Crippen LogP contribution in [0.3, 0.4) is 0 Å². The molecule has 0 amide bonds. The van der Waals surface area contributed by atoms with E-state index < -0.39 is 0 Å². The average Bonchev–Trinajstić information content (AvgIpc) is 3.09. The van der Waals surface area contributed by atoms with Crippen molar-refractivity contribution in [2.24, 2.45) is 5.73 Å². The van der Waals surface area contributed by atoms with Crippen LogP contribution < -0.4 is 16.4 Å². The molecule has 6 nitrogen and oxygen atoms in total. The summed E-state index contributed by atoms with van der Waals surface area (Å²) in [6.07, 6.45) is 0.694. The van der Waals surface area contributed by atoms with Crippen LogP contribution in [0.15, 0.2) is 48.5 Å². The lowest BCUT2D eigenvalue weighted by atomic mass is 10.1.